The van der Waals surface area contributed by atoms with Crippen LogP contribution in [0.3, 0.4) is 0 Å². The average molecular weight is 841 g/mol. The monoisotopic (exact) mass is 840 g/mol. The van der Waals surface area contributed by atoms with Crippen LogP contribution >= 0.6 is 0 Å². The van der Waals surface area contributed by atoms with Gasteiger partial charge in [0.05, 0.1) is 53.8 Å². The van der Waals surface area contributed by atoms with Crippen molar-refractivity contribution in [2.24, 2.45) is 0 Å². The quantitative estimate of drug-likeness (QED) is 0.113. The zero-order valence-corrected chi connectivity index (χ0v) is 33.8. The molecule has 0 bridgehead atoms. The summed E-state index contributed by atoms with van der Waals surface area (Å²) in [6.07, 6.45) is 0. The lowest BCUT2D eigenvalue weighted by atomic mass is 10.1. The van der Waals surface area contributed by atoms with Gasteiger partial charge in [-0.15, -0.1) is 0 Å². The van der Waals surface area contributed by atoms with Crippen LogP contribution in [0.2, 0.25) is 0 Å². The van der Waals surface area contributed by atoms with Crippen LogP contribution in [-0.2, 0) is 0 Å². The molecule has 5 nitrogen and oxygen atoms in total. The highest BCUT2D eigenvalue weighted by Crippen LogP contribution is 2.39. The van der Waals surface area contributed by atoms with Gasteiger partial charge < -0.3 is 4.57 Å². The molecule has 0 spiro atoms. The Labute approximate surface area is 392 Å². The lowest BCUT2D eigenvalue weighted by Gasteiger charge is -2.34. The van der Waals surface area contributed by atoms with Gasteiger partial charge >= 0.3 is 0 Å². The summed E-state index contributed by atoms with van der Waals surface area (Å²) in [6.45, 7) is 0. The number of para-hydroxylation sites is 4. The van der Waals surface area contributed by atoms with Crippen molar-refractivity contribution in [3.8, 4) is 34.4 Å². The van der Waals surface area contributed by atoms with E-state index >= 15 is 0 Å². The SMILES string of the molecule is [2H]c1c([2H])c([2H])c(-c2nc(-c3c([2H])c([2H])c([Si](c4ccccc4)(c4c([2H])c([2H])c([2H])c([2H])c4[2H])c4c([2H])c([2H])c([2H])c([2H])c4[2H])c([2H])c3[2H])nc(-n3c4ccccc4c4cccc(-n5c6ccccc6c6ccccc65)c43)n2)c([2H])c1[2H]. The summed E-state index contributed by atoms with van der Waals surface area (Å²) >= 11 is 0. The third kappa shape index (κ3) is 5.87. The maximum Gasteiger partial charge on any atom is 0.238 e. The fraction of sp³-hybridized carbons (Fsp3) is 0. The van der Waals surface area contributed by atoms with Gasteiger partial charge in [0, 0.05) is 32.7 Å². The summed E-state index contributed by atoms with van der Waals surface area (Å²) in [5.41, 5.74) is 2.23. The Hall–Kier alpha value is -8.19. The Morgan fingerprint density at radius 1 is 0.349 bits per heavy atom. The first-order valence-electron chi connectivity index (χ1n) is 29.3. The Morgan fingerprint density at radius 3 is 1.37 bits per heavy atom. The van der Waals surface area contributed by atoms with E-state index in [1.165, 1.54) is 24.3 Å². The molecule has 0 amide bonds. The van der Waals surface area contributed by atoms with E-state index in [2.05, 4.69) is 9.55 Å². The molecule has 0 fully saturated rings. The zero-order valence-electron chi connectivity index (χ0n) is 51.8. The first-order valence-corrected chi connectivity index (χ1v) is 21.8. The van der Waals surface area contributed by atoms with Gasteiger partial charge in [-0.3, -0.25) is 4.57 Å². The number of fused-ring (bicyclic) bond motifs is 6. The maximum atomic E-state index is 10.2. The molecule has 0 aliphatic heterocycles. The van der Waals surface area contributed by atoms with Crippen LogP contribution in [0.25, 0.3) is 78.0 Å². The predicted octanol–water partition coefficient (Wildman–Crippen LogP) is 10.8. The van der Waals surface area contributed by atoms with Crippen molar-refractivity contribution in [1.29, 1.82) is 0 Å². The van der Waals surface area contributed by atoms with Crippen molar-refractivity contribution in [3.63, 3.8) is 0 Å². The highest BCUT2D eigenvalue weighted by molar-refractivity contribution is 7.19. The molecule has 0 unspecified atom stereocenters. The smallest absolute Gasteiger partial charge is 0.238 e. The summed E-state index contributed by atoms with van der Waals surface area (Å²) in [4.78, 5) is 14.5. The predicted molar refractivity (Wildman–Crippen MR) is 263 cm³/mol. The van der Waals surface area contributed by atoms with Crippen LogP contribution in [0.4, 0.5) is 0 Å². The van der Waals surface area contributed by atoms with Gasteiger partial charge in [-0.25, -0.2) is 4.98 Å². The van der Waals surface area contributed by atoms with E-state index in [9.17, 15) is 11.0 Å². The summed E-state index contributed by atoms with van der Waals surface area (Å²) in [5.74, 6) is -1.36. The van der Waals surface area contributed by atoms with Crippen molar-refractivity contribution in [3.05, 3.63) is 236 Å². The molecule has 296 valence electrons. The topological polar surface area (TPSA) is 48.5 Å². The highest BCUT2D eigenvalue weighted by Gasteiger charge is 2.41. The Bertz CT molecular complexity index is 4540. The first-order chi connectivity index (χ1) is 39.2. The third-order valence-corrected chi connectivity index (χ3v) is 15.4. The second kappa shape index (κ2) is 15.1. The van der Waals surface area contributed by atoms with Crippen LogP contribution < -0.4 is 20.7 Å². The molecular weight excluding hydrogens is 783 g/mol. The minimum absolute atomic E-state index is 0.0306. The minimum atomic E-state index is -5.39. The van der Waals surface area contributed by atoms with E-state index in [4.69, 9.17) is 25.0 Å². The number of benzene rings is 9. The molecule has 0 aliphatic carbocycles. The lowest BCUT2D eigenvalue weighted by Crippen LogP contribution is -2.74. The van der Waals surface area contributed by atoms with Crippen molar-refractivity contribution < 1.29 is 26.0 Å². The number of rotatable bonds is 8. The van der Waals surface area contributed by atoms with Gasteiger partial charge in [0.25, 0.3) is 0 Å². The van der Waals surface area contributed by atoms with Crippen LogP contribution in [0.5, 0.6) is 0 Å². The van der Waals surface area contributed by atoms with Crippen molar-refractivity contribution >= 4 is 72.4 Å². The average Bonchev–Trinajstić information content (AvgIpc) is 1.76. The molecule has 9 aromatic carbocycles. The fourth-order valence-corrected chi connectivity index (χ4v) is 12.4. The fourth-order valence-electron chi connectivity index (χ4n) is 8.60. The molecule has 0 saturated carbocycles. The van der Waals surface area contributed by atoms with Gasteiger partial charge in [0.2, 0.25) is 5.95 Å². The number of hydrogen-bond acceptors (Lipinski definition) is 3. The van der Waals surface area contributed by atoms with E-state index in [1.807, 2.05) is 78.9 Å². The Balaban J connectivity index is 1.25. The number of aromatic nitrogens is 5. The van der Waals surface area contributed by atoms with Gasteiger partial charge in [0.1, 0.15) is 0 Å². The molecule has 3 heterocycles. The molecule has 12 rings (SSSR count). The third-order valence-electron chi connectivity index (χ3n) is 11.2. The molecule has 3 aromatic heterocycles. The molecule has 6 heteroatoms. The van der Waals surface area contributed by atoms with Crippen LogP contribution in [0, 0.1) is 0 Å². The van der Waals surface area contributed by atoms with E-state index in [0.29, 0.717) is 27.5 Å². The summed E-state index contributed by atoms with van der Waals surface area (Å²) in [7, 11) is -5.39. The molecule has 0 saturated heterocycles. The van der Waals surface area contributed by atoms with Crippen molar-refractivity contribution in [2.45, 2.75) is 0 Å². The first kappa shape index (κ1) is 22.1. The second-order valence-electron chi connectivity index (χ2n) is 14.5. The van der Waals surface area contributed by atoms with Crippen molar-refractivity contribution in [2.75, 3.05) is 0 Å². The maximum absolute atomic E-state index is 10.2. The molecule has 0 aliphatic rings. The molecule has 0 atom stereocenters. The van der Waals surface area contributed by atoms with E-state index in [-0.39, 0.29) is 11.1 Å². The number of hydrogen-bond donors (Lipinski definition) is 0. The molecule has 0 N–H and O–H groups in total. The largest absolute Gasteiger partial charge is 0.307 e. The zero-order chi connectivity index (χ0) is 58.3. The molecular formula is C57H39N5Si. The summed E-state index contributed by atoms with van der Waals surface area (Å²) in [5, 5.41) is 1.41. The van der Waals surface area contributed by atoms with Crippen LogP contribution in [-0.4, -0.2) is 32.2 Å². The van der Waals surface area contributed by atoms with Gasteiger partial charge in [-0.2, -0.15) is 9.97 Å². The van der Waals surface area contributed by atoms with Crippen molar-refractivity contribution in [1.82, 2.24) is 24.1 Å². The van der Waals surface area contributed by atoms with E-state index in [0.717, 1.165) is 21.8 Å². The van der Waals surface area contributed by atoms with E-state index in [1.54, 1.807) is 22.8 Å². The Morgan fingerprint density at radius 2 is 0.794 bits per heavy atom. The van der Waals surface area contributed by atoms with E-state index < -0.39 is 161 Å². The standard InChI is InChI=1S/C57H39N5Si/c1-5-20-40(21-6-1)55-58-56(41-36-38-45(39-37-41)63(42-22-7-2-8-23-42,43-24-9-3-10-25-43)44-26-11-4-12-27-44)60-57(59-55)62-52-34-18-15-30-48(52)49-31-19-35-53(54(49)62)61-50-32-16-13-28-46(50)47-29-14-17-33-51(47)61/h1-39H/i1D,2D,3D,5D,6D,7D,8D,9D,10D,20D,21D,22D,23D,24D,25D,36D,37D,38D,39D. The number of nitrogens with zero attached hydrogens (tertiary/aromatic N) is 5. The second-order valence-corrected chi connectivity index (χ2v) is 18.1. The summed E-state index contributed by atoms with van der Waals surface area (Å²) in [6, 6.07) is 20.1. The minimum Gasteiger partial charge on any atom is -0.307 e. The summed E-state index contributed by atoms with van der Waals surface area (Å²) < 4.78 is 179. The van der Waals surface area contributed by atoms with Crippen LogP contribution in [0.1, 0.15) is 26.0 Å². The molecule has 12 aromatic rings. The Kier molecular flexibility index (Phi) is 5.27. The van der Waals surface area contributed by atoms with Gasteiger partial charge in [-0.1, -0.05) is 212 Å². The molecule has 63 heavy (non-hydrogen) atoms. The molecule has 0 radical (unpaired) electrons. The van der Waals surface area contributed by atoms with Crippen LogP contribution in [0.15, 0.2) is 236 Å². The normalized spacial score (nSPS) is 16.0. The lowest BCUT2D eigenvalue weighted by molar-refractivity contribution is 0.950. The van der Waals surface area contributed by atoms with Gasteiger partial charge in [-0.05, 0) is 45.0 Å². The van der Waals surface area contributed by atoms with Gasteiger partial charge in [0.15, 0.2) is 19.7 Å². The highest BCUT2D eigenvalue weighted by atomic mass is 28.3.